The molecular formula is C15H19FN2. The van der Waals surface area contributed by atoms with Crippen LogP contribution in [0, 0.1) is 11.7 Å². The summed E-state index contributed by atoms with van der Waals surface area (Å²) in [6, 6.07) is 6.71. The largest absolute Gasteiger partial charge is 0.379 e. The molecule has 96 valence electrons. The maximum absolute atomic E-state index is 13.9. The smallest absolute Gasteiger partial charge is 0.148 e. The fourth-order valence-corrected chi connectivity index (χ4v) is 4.24. The number of fused-ring (bicyclic) bond motifs is 5. The van der Waals surface area contributed by atoms with Gasteiger partial charge in [0.05, 0.1) is 11.4 Å². The van der Waals surface area contributed by atoms with Crippen molar-refractivity contribution in [2.45, 2.75) is 44.2 Å². The van der Waals surface area contributed by atoms with Crippen LogP contribution in [-0.2, 0) is 0 Å². The number of benzene rings is 1. The normalized spacial score (nSPS) is 33.4. The Morgan fingerprint density at radius 2 is 2.11 bits per heavy atom. The van der Waals surface area contributed by atoms with E-state index in [1.807, 2.05) is 6.07 Å². The summed E-state index contributed by atoms with van der Waals surface area (Å²) in [5.74, 6) is 0.727. The van der Waals surface area contributed by atoms with Gasteiger partial charge in [-0.1, -0.05) is 18.9 Å². The molecule has 2 aliphatic heterocycles. The standard InChI is InChI=1S/C15H19FN2/c16-12-5-3-7-14-15(12)17-9-11-8-10-4-1-2-6-13(10)18(11)14/h3,5,7,10-11,13,17H,1-2,4,6,8-9H2. The highest BCUT2D eigenvalue weighted by Gasteiger charge is 2.44. The fourth-order valence-electron chi connectivity index (χ4n) is 4.24. The Hall–Kier alpha value is -1.25. The van der Waals surface area contributed by atoms with Crippen molar-refractivity contribution < 1.29 is 4.39 Å². The van der Waals surface area contributed by atoms with E-state index in [1.165, 1.54) is 32.1 Å². The van der Waals surface area contributed by atoms with Crippen LogP contribution in [0.1, 0.15) is 32.1 Å². The van der Waals surface area contributed by atoms with Crippen molar-refractivity contribution in [3.8, 4) is 0 Å². The van der Waals surface area contributed by atoms with Gasteiger partial charge in [0, 0.05) is 18.6 Å². The van der Waals surface area contributed by atoms with E-state index in [0.717, 1.165) is 23.8 Å². The van der Waals surface area contributed by atoms with Crippen LogP contribution in [0.15, 0.2) is 18.2 Å². The third-order valence-electron chi connectivity index (χ3n) is 4.98. The summed E-state index contributed by atoms with van der Waals surface area (Å²) in [7, 11) is 0. The van der Waals surface area contributed by atoms with Gasteiger partial charge in [0.15, 0.2) is 0 Å². The second-order valence-electron chi connectivity index (χ2n) is 5.92. The molecule has 1 N–H and O–H groups in total. The summed E-state index contributed by atoms with van der Waals surface area (Å²) in [5, 5.41) is 3.30. The number of hydrogen-bond donors (Lipinski definition) is 1. The molecule has 0 radical (unpaired) electrons. The van der Waals surface area contributed by atoms with Gasteiger partial charge < -0.3 is 10.2 Å². The summed E-state index contributed by atoms with van der Waals surface area (Å²) >= 11 is 0. The van der Waals surface area contributed by atoms with E-state index in [4.69, 9.17) is 0 Å². The zero-order chi connectivity index (χ0) is 12.1. The lowest BCUT2D eigenvalue weighted by molar-refractivity contribution is 0.342. The molecule has 2 nitrogen and oxygen atoms in total. The lowest BCUT2D eigenvalue weighted by Crippen LogP contribution is -2.45. The number of nitrogens with zero attached hydrogens (tertiary/aromatic N) is 1. The second kappa shape index (κ2) is 3.87. The lowest BCUT2D eigenvalue weighted by atomic mass is 9.85. The Morgan fingerprint density at radius 1 is 1.22 bits per heavy atom. The topological polar surface area (TPSA) is 15.3 Å². The monoisotopic (exact) mass is 246 g/mol. The Kier molecular flexibility index (Phi) is 2.29. The first-order chi connectivity index (χ1) is 8.84. The maximum Gasteiger partial charge on any atom is 0.148 e. The molecule has 2 heterocycles. The first-order valence-corrected chi connectivity index (χ1v) is 7.15. The predicted octanol–water partition coefficient (Wildman–Crippen LogP) is 3.39. The van der Waals surface area contributed by atoms with Gasteiger partial charge in [-0.25, -0.2) is 4.39 Å². The van der Waals surface area contributed by atoms with Crippen LogP contribution in [0.5, 0.6) is 0 Å². The van der Waals surface area contributed by atoms with E-state index in [9.17, 15) is 4.39 Å². The van der Waals surface area contributed by atoms with Crippen molar-refractivity contribution in [1.82, 2.24) is 0 Å². The van der Waals surface area contributed by atoms with Crippen molar-refractivity contribution in [1.29, 1.82) is 0 Å². The van der Waals surface area contributed by atoms with Gasteiger partial charge in [0.2, 0.25) is 0 Å². The van der Waals surface area contributed by atoms with E-state index in [1.54, 1.807) is 6.07 Å². The molecule has 1 aromatic rings. The molecule has 2 fully saturated rings. The van der Waals surface area contributed by atoms with Crippen molar-refractivity contribution in [3.05, 3.63) is 24.0 Å². The Balaban J connectivity index is 1.77. The first-order valence-electron chi connectivity index (χ1n) is 7.15. The molecule has 3 unspecified atom stereocenters. The Morgan fingerprint density at radius 3 is 3.06 bits per heavy atom. The van der Waals surface area contributed by atoms with Crippen LogP contribution >= 0.6 is 0 Å². The predicted molar refractivity (Wildman–Crippen MR) is 71.5 cm³/mol. The van der Waals surface area contributed by atoms with Crippen LogP contribution in [0.4, 0.5) is 15.8 Å². The van der Waals surface area contributed by atoms with E-state index >= 15 is 0 Å². The van der Waals surface area contributed by atoms with E-state index < -0.39 is 0 Å². The summed E-state index contributed by atoms with van der Waals surface area (Å²) in [6.45, 7) is 0.904. The minimum absolute atomic E-state index is 0.106. The average Bonchev–Trinajstić information content (AvgIpc) is 2.77. The lowest BCUT2D eigenvalue weighted by Gasteiger charge is -2.40. The van der Waals surface area contributed by atoms with E-state index in [-0.39, 0.29) is 5.82 Å². The molecule has 0 spiro atoms. The zero-order valence-electron chi connectivity index (χ0n) is 10.5. The molecule has 0 aromatic heterocycles. The SMILES string of the molecule is Fc1cccc2c1NCC1CC3CCCCC3N21. The quantitative estimate of drug-likeness (QED) is 0.755. The van der Waals surface area contributed by atoms with Gasteiger partial charge in [0.1, 0.15) is 5.82 Å². The molecular weight excluding hydrogens is 227 g/mol. The van der Waals surface area contributed by atoms with Gasteiger partial charge >= 0.3 is 0 Å². The molecule has 1 saturated heterocycles. The van der Waals surface area contributed by atoms with Gasteiger partial charge in [-0.05, 0) is 37.3 Å². The third kappa shape index (κ3) is 1.39. The second-order valence-corrected chi connectivity index (χ2v) is 5.92. The minimum Gasteiger partial charge on any atom is -0.379 e. The van der Waals surface area contributed by atoms with Crippen molar-refractivity contribution in [3.63, 3.8) is 0 Å². The Bertz CT molecular complexity index is 474. The van der Waals surface area contributed by atoms with E-state index in [2.05, 4.69) is 16.3 Å². The van der Waals surface area contributed by atoms with Crippen molar-refractivity contribution in [2.24, 2.45) is 5.92 Å². The molecule has 3 atom stereocenters. The number of anilines is 2. The van der Waals surface area contributed by atoms with Gasteiger partial charge in [-0.2, -0.15) is 0 Å². The third-order valence-corrected chi connectivity index (χ3v) is 4.98. The summed E-state index contributed by atoms with van der Waals surface area (Å²) in [6.07, 6.45) is 6.65. The number of para-hydroxylation sites is 1. The molecule has 0 bridgehead atoms. The average molecular weight is 246 g/mol. The summed E-state index contributed by atoms with van der Waals surface area (Å²) in [4.78, 5) is 2.53. The van der Waals surface area contributed by atoms with E-state index in [0.29, 0.717) is 12.1 Å². The van der Waals surface area contributed by atoms with Crippen LogP contribution < -0.4 is 10.2 Å². The maximum atomic E-state index is 13.9. The molecule has 3 aliphatic rings. The van der Waals surface area contributed by atoms with Crippen LogP contribution in [0.3, 0.4) is 0 Å². The molecule has 1 aromatic carbocycles. The minimum atomic E-state index is -0.106. The van der Waals surface area contributed by atoms with Crippen molar-refractivity contribution in [2.75, 3.05) is 16.8 Å². The number of nitrogens with one attached hydrogen (secondary N) is 1. The van der Waals surface area contributed by atoms with Gasteiger partial charge in [0.25, 0.3) is 0 Å². The molecule has 3 heteroatoms. The fraction of sp³-hybridized carbons (Fsp3) is 0.600. The molecule has 18 heavy (non-hydrogen) atoms. The van der Waals surface area contributed by atoms with Crippen LogP contribution in [0.2, 0.25) is 0 Å². The zero-order valence-corrected chi connectivity index (χ0v) is 10.5. The molecule has 1 aliphatic carbocycles. The number of hydrogen-bond acceptors (Lipinski definition) is 2. The van der Waals surface area contributed by atoms with Gasteiger partial charge in [-0.3, -0.25) is 0 Å². The summed E-state index contributed by atoms with van der Waals surface area (Å²) < 4.78 is 13.9. The van der Waals surface area contributed by atoms with Gasteiger partial charge in [-0.15, -0.1) is 0 Å². The molecule has 1 saturated carbocycles. The summed E-state index contributed by atoms with van der Waals surface area (Å²) in [5.41, 5.74) is 1.82. The van der Waals surface area contributed by atoms with Crippen molar-refractivity contribution >= 4 is 11.4 Å². The molecule has 0 amide bonds. The molecule has 4 rings (SSSR count). The Labute approximate surface area is 107 Å². The van der Waals surface area contributed by atoms with Crippen LogP contribution in [-0.4, -0.2) is 18.6 Å². The number of halogens is 1. The highest BCUT2D eigenvalue weighted by atomic mass is 19.1. The number of rotatable bonds is 0. The highest BCUT2D eigenvalue weighted by molar-refractivity contribution is 5.74. The highest BCUT2D eigenvalue weighted by Crippen LogP contribution is 2.46. The first kappa shape index (κ1) is 10.7. The van der Waals surface area contributed by atoms with Crippen LogP contribution in [0.25, 0.3) is 0 Å².